The van der Waals surface area contributed by atoms with Gasteiger partial charge in [-0.05, 0) is 43.0 Å². The van der Waals surface area contributed by atoms with E-state index >= 15 is 0 Å². The number of carboxylic acids is 1. The Hall–Kier alpha value is -3.02. The first-order valence-electron chi connectivity index (χ1n) is 9.49. The summed E-state index contributed by atoms with van der Waals surface area (Å²) in [5.41, 5.74) is 2.15. The molecule has 0 atom stereocenters. The van der Waals surface area contributed by atoms with Crippen molar-refractivity contribution in [2.45, 2.75) is 39.2 Å². The van der Waals surface area contributed by atoms with Gasteiger partial charge in [0.15, 0.2) is 11.5 Å². The third kappa shape index (κ3) is 7.70. The van der Waals surface area contributed by atoms with Crippen LogP contribution in [-0.2, 0) is 22.6 Å². The Bertz CT molecular complexity index is 761. The summed E-state index contributed by atoms with van der Waals surface area (Å²) in [7, 11) is 0. The monoisotopic (exact) mass is 385 g/mol. The Morgan fingerprint density at radius 1 is 0.964 bits per heavy atom. The molecule has 2 aromatic carbocycles. The zero-order valence-electron chi connectivity index (χ0n) is 16.1. The summed E-state index contributed by atoms with van der Waals surface area (Å²) in [5.74, 6) is 0.0412. The van der Waals surface area contributed by atoms with E-state index in [4.69, 9.17) is 14.6 Å². The molecule has 2 aromatic rings. The Labute approximate surface area is 165 Å². The maximum atomic E-state index is 11.7. The number of carbonyl (C=O) groups excluding carboxylic acids is 1. The van der Waals surface area contributed by atoms with Crippen LogP contribution in [-0.4, -0.2) is 30.2 Å². The Kier molecular flexibility index (Phi) is 8.85. The highest BCUT2D eigenvalue weighted by Gasteiger charge is 2.09. The molecule has 0 saturated carbocycles. The van der Waals surface area contributed by atoms with E-state index < -0.39 is 5.97 Å². The lowest BCUT2D eigenvalue weighted by atomic mass is 10.1. The topological polar surface area (TPSA) is 84.9 Å². The fraction of sp³-hybridized carbons (Fsp3) is 0.364. The van der Waals surface area contributed by atoms with Crippen LogP contribution in [0.5, 0.6) is 11.5 Å². The van der Waals surface area contributed by atoms with E-state index in [0.717, 1.165) is 18.4 Å². The molecule has 28 heavy (non-hydrogen) atoms. The van der Waals surface area contributed by atoms with Crippen LogP contribution in [0.4, 0.5) is 0 Å². The molecule has 0 aliphatic heterocycles. The molecule has 0 heterocycles. The average Bonchev–Trinajstić information content (AvgIpc) is 2.70. The maximum Gasteiger partial charge on any atom is 0.303 e. The molecule has 0 bridgehead atoms. The molecule has 0 aliphatic rings. The second-order valence-corrected chi connectivity index (χ2v) is 6.32. The highest BCUT2D eigenvalue weighted by Crippen LogP contribution is 2.28. The van der Waals surface area contributed by atoms with Gasteiger partial charge in [0.1, 0.15) is 0 Å². The third-order valence-corrected chi connectivity index (χ3v) is 4.07. The first-order valence-corrected chi connectivity index (χ1v) is 9.49. The van der Waals surface area contributed by atoms with E-state index in [2.05, 4.69) is 17.4 Å². The van der Waals surface area contributed by atoms with E-state index in [0.29, 0.717) is 31.3 Å². The van der Waals surface area contributed by atoms with Crippen molar-refractivity contribution in [3.8, 4) is 11.5 Å². The summed E-state index contributed by atoms with van der Waals surface area (Å²) in [4.78, 5) is 22.2. The van der Waals surface area contributed by atoms with Gasteiger partial charge in [0.05, 0.1) is 19.6 Å². The molecule has 0 saturated heterocycles. The Morgan fingerprint density at radius 2 is 1.75 bits per heavy atom. The molecule has 150 valence electrons. The van der Waals surface area contributed by atoms with Gasteiger partial charge >= 0.3 is 5.97 Å². The summed E-state index contributed by atoms with van der Waals surface area (Å²) in [5, 5.41) is 11.3. The van der Waals surface area contributed by atoms with Crippen LogP contribution in [0.1, 0.15) is 37.3 Å². The molecule has 0 fully saturated rings. The summed E-state index contributed by atoms with van der Waals surface area (Å²) in [6.07, 6.45) is 1.64. The second kappa shape index (κ2) is 11.6. The van der Waals surface area contributed by atoms with Gasteiger partial charge in [-0.15, -0.1) is 0 Å². The zero-order chi connectivity index (χ0) is 20.2. The molecule has 2 rings (SSSR count). The number of aliphatic carboxylic acids is 1. The highest BCUT2D eigenvalue weighted by molar-refractivity contribution is 5.80. The number of ether oxygens (including phenoxy) is 2. The van der Waals surface area contributed by atoms with Crippen LogP contribution in [0.2, 0.25) is 0 Å². The summed E-state index contributed by atoms with van der Waals surface area (Å²) < 4.78 is 11.5. The smallest absolute Gasteiger partial charge is 0.303 e. The SMILES string of the molecule is CCOc1cc(CNC(=O)CCC(=O)O)ccc1OCCCc1ccccc1. The lowest BCUT2D eigenvalue weighted by Crippen LogP contribution is -2.23. The minimum absolute atomic E-state index is 0.0315. The summed E-state index contributed by atoms with van der Waals surface area (Å²) in [6, 6.07) is 15.8. The molecule has 0 aromatic heterocycles. The van der Waals surface area contributed by atoms with Crippen molar-refractivity contribution in [3.05, 3.63) is 59.7 Å². The van der Waals surface area contributed by atoms with Gasteiger partial charge in [0, 0.05) is 13.0 Å². The quantitative estimate of drug-likeness (QED) is 0.546. The zero-order valence-corrected chi connectivity index (χ0v) is 16.1. The summed E-state index contributed by atoms with van der Waals surface area (Å²) >= 11 is 0. The van der Waals surface area contributed by atoms with Crippen LogP contribution in [0, 0.1) is 0 Å². The Morgan fingerprint density at radius 3 is 2.46 bits per heavy atom. The lowest BCUT2D eigenvalue weighted by Gasteiger charge is -2.14. The Balaban J connectivity index is 1.85. The van der Waals surface area contributed by atoms with Crippen LogP contribution < -0.4 is 14.8 Å². The van der Waals surface area contributed by atoms with E-state index in [9.17, 15) is 9.59 Å². The van der Waals surface area contributed by atoms with E-state index in [1.807, 2.05) is 43.3 Å². The first-order chi connectivity index (χ1) is 13.6. The summed E-state index contributed by atoms with van der Waals surface area (Å²) in [6.45, 7) is 3.31. The molecule has 6 nitrogen and oxygen atoms in total. The van der Waals surface area contributed by atoms with Crippen molar-refractivity contribution in [2.24, 2.45) is 0 Å². The minimum Gasteiger partial charge on any atom is -0.490 e. The third-order valence-electron chi connectivity index (χ3n) is 4.07. The fourth-order valence-corrected chi connectivity index (χ4v) is 2.66. The number of carboxylic acid groups (broad SMARTS) is 1. The fourth-order valence-electron chi connectivity index (χ4n) is 2.66. The first kappa shape index (κ1) is 21.3. The van der Waals surface area contributed by atoms with Crippen molar-refractivity contribution in [2.75, 3.05) is 13.2 Å². The van der Waals surface area contributed by atoms with Gasteiger partial charge in [0.25, 0.3) is 0 Å². The van der Waals surface area contributed by atoms with Gasteiger partial charge in [-0.1, -0.05) is 36.4 Å². The van der Waals surface area contributed by atoms with Crippen molar-refractivity contribution in [3.63, 3.8) is 0 Å². The van der Waals surface area contributed by atoms with Gasteiger partial charge < -0.3 is 19.9 Å². The molecule has 0 aliphatic carbocycles. The predicted molar refractivity (Wildman–Crippen MR) is 107 cm³/mol. The van der Waals surface area contributed by atoms with Crippen molar-refractivity contribution in [1.29, 1.82) is 0 Å². The number of aryl methyl sites for hydroxylation is 1. The largest absolute Gasteiger partial charge is 0.490 e. The van der Waals surface area contributed by atoms with Crippen LogP contribution in [0.25, 0.3) is 0 Å². The number of rotatable bonds is 12. The molecule has 2 N–H and O–H groups in total. The van der Waals surface area contributed by atoms with Crippen LogP contribution in [0.3, 0.4) is 0 Å². The highest BCUT2D eigenvalue weighted by atomic mass is 16.5. The standard InChI is InChI=1S/C22H27NO5/c1-2-27-20-15-18(16-23-21(24)12-13-22(25)26)10-11-19(20)28-14-6-9-17-7-4-3-5-8-17/h3-5,7-8,10-11,15H,2,6,9,12-14,16H2,1H3,(H,23,24)(H,25,26). The number of hydrogen-bond acceptors (Lipinski definition) is 4. The molecular formula is C22H27NO5. The van der Waals surface area contributed by atoms with Crippen LogP contribution in [0.15, 0.2) is 48.5 Å². The van der Waals surface area contributed by atoms with E-state index in [-0.39, 0.29) is 18.7 Å². The molecule has 0 radical (unpaired) electrons. The van der Waals surface area contributed by atoms with Gasteiger partial charge in [-0.2, -0.15) is 0 Å². The van der Waals surface area contributed by atoms with Crippen molar-refractivity contribution in [1.82, 2.24) is 5.32 Å². The van der Waals surface area contributed by atoms with E-state index in [1.165, 1.54) is 5.56 Å². The minimum atomic E-state index is -0.984. The van der Waals surface area contributed by atoms with Gasteiger partial charge in [-0.25, -0.2) is 0 Å². The predicted octanol–water partition coefficient (Wildman–Crippen LogP) is 3.58. The second-order valence-electron chi connectivity index (χ2n) is 6.32. The molecule has 1 amide bonds. The normalized spacial score (nSPS) is 10.3. The molecule has 6 heteroatoms. The molecule has 0 unspecified atom stereocenters. The lowest BCUT2D eigenvalue weighted by molar-refractivity contribution is -0.138. The number of amides is 1. The van der Waals surface area contributed by atoms with Crippen LogP contribution >= 0.6 is 0 Å². The average molecular weight is 385 g/mol. The molecule has 0 spiro atoms. The number of benzene rings is 2. The van der Waals surface area contributed by atoms with Gasteiger partial charge in [0.2, 0.25) is 5.91 Å². The maximum absolute atomic E-state index is 11.7. The van der Waals surface area contributed by atoms with Crippen molar-refractivity contribution >= 4 is 11.9 Å². The van der Waals surface area contributed by atoms with E-state index in [1.54, 1.807) is 0 Å². The number of hydrogen-bond donors (Lipinski definition) is 2. The van der Waals surface area contributed by atoms with Gasteiger partial charge in [-0.3, -0.25) is 9.59 Å². The van der Waals surface area contributed by atoms with Crippen molar-refractivity contribution < 1.29 is 24.2 Å². The number of carbonyl (C=O) groups is 2. The number of nitrogens with one attached hydrogen (secondary N) is 1. The molecular weight excluding hydrogens is 358 g/mol.